The number of carboxylic acid groups (broad SMARTS) is 1. The van der Waals surface area contributed by atoms with Crippen molar-refractivity contribution >= 4 is 38.4 Å². The minimum Gasteiger partial charge on any atom is -0.550 e. The molecule has 0 aliphatic carbocycles. The summed E-state index contributed by atoms with van der Waals surface area (Å²) in [6.45, 7) is 3.69. The second kappa shape index (κ2) is 6.84. The Morgan fingerprint density at radius 3 is 2.96 bits per heavy atom. The Morgan fingerprint density at radius 1 is 1.42 bits per heavy atom. The molecule has 6 nitrogen and oxygen atoms in total. The Bertz CT molecular complexity index is 878. The third-order valence-electron chi connectivity index (χ3n) is 3.55. The van der Waals surface area contributed by atoms with Gasteiger partial charge in [-0.05, 0) is 38.5 Å². The van der Waals surface area contributed by atoms with Gasteiger partial charge in [0, 0.05) is 18.0 Å². The van der Waals surface area contributed by atoms with Gasteiger partial charge in [0.1, 0.15) is 11.5 Å². The van der Waals surface area contributed by atoms with Gasteiger partial charge in [-0.1, -0.05) is 23.5 Å². The van der Waals surface area contributed by atoms with Gasteiger partial charge < -0.3 is 14.3 Å². The van der Waals surface area contributed by atoms with Crippen LogP contribution < -0.4 is 10.5 Å². The van der Waals surface area contributed by atoms with E-state index >= 15 is 0 Å². The highest BCUT2D eigenvalue weighted by atomic mass is 32.1. The highest BCUT2D eigenvalue weighted by molar-refractivity contribution is 7.22. The minimum absolute atomic E-state index is 0.0630. The number of nitrogens with zero attached hydrogens (tertiary/aromatic N) is 2. The minimum atomic E-state index is -1.09. The molecule has 0 fully saturated rings. The predicted octanol–water partition coefficient (Wildman–Crippen LogP) is 2.72. The first kappa shape index (κ1) is 16.2. The zero-order valence-electron chi connectivity index (χ0n) is 13.3. The summed E-state index contributed by atoms with van der Waals surface area (Å²) in [5, 5.41) is 15.6. The van der Waals surface area contributed by atoms with Crippen LogP contribution in [0.25, 0.3) is 10.2 Å². The zero-order valence-corrected chi connectivity index (χ0v) is 14.1. The van der Waals surface area contributed by atoms with Crippen molar-refractivity contribution in [3.05, 3.63) is 47.4 Å². The molecule has 0 spiro atoms. The molecule has 7 heteroatoms. The van der Waals surface area contributed by atoms with E-state index in [-0.39, 0.29) is 6.42 Å². The summed E-state index contributed by atoms with van der Waals surface area (Å²) in [7, 11) is 0. The quantitative estimate of drug-likeness (QED) is 0.549. The van der Waals surface area contributed by atoms with Gasteiger partial charge in [-0.25, -0.2) is 4.98 Å². The number of rotatable bonds is 6. The van der Waals surface area contributed by atoms with Gasteiger partial charge >= 0.3 is 0 Å². The van der Waals surface area contributed by atoms with Crippen molar-refractivity contribution in [2.24, 2.45) is 5.10 Å². The highest BCUT2D eigenvalue weighted by Crippen LogP contribution is 2.25. The normalized spacial score (nSPS) is 11.8. The van der Waals surface area contributed by atoms with Crippen LogP contribution in [0.4, 0.5) is 5.13 Å². The fourth-order valence-electron chi connectivity index (χ4n) is 2.36. The number of hydrogen-bond acceptors (Lipinski definition) is 7. The van der Waals surface area contributed by atoms with Crippen LogP contribution in [0.5, 0.6) is 0 Å². The summed E-state index contributed by atoms with van der Waals surface area (Å²) in [5.41, 5.74) is 5.49. The summed E-state index contributed by atoms with van der Waals surface area (Å²) in [4.78, 5) is 15.0. The molecule has 0 aliphatic heterocycles. The molecule has 3 rings (SSSR count). The van der Waals surface area contributed by atoms with Crippen LogP contribution in [0.2, 0.25) is 0 Å². The zero-order chi connectivity index (χ0) is 17.1. The van der Waals surface area contributed by atoms with E-state index < -0.39 is 5.97 Å². The van der Waals surface area contributed by atoms with Gasteiger partial charge in [0.25, 0.3) is 0 Å². The van der Waals surface area contributed by atoms with Gasteiger partial charge in [0.2, 0.25) is 5.13 Å². The molecule has 24 heavy (non-hydrogen) atoms. The van der Waals surface area contributed by atoms with Gasteiger partial charge in [0.05, 0.1) is 15.9 Å². The lowest BCUT2D eigenvalue weighted by atomic mass is 10.1. The number of benzene rings is 1. The van der Waals surface area contributed by atoms with Crippen LogP contribution in [-0.4, -0.2) is 16.7 Å². The summed E-state index contributed by atoms with van der Waals surface area (Å²) in [6, 6.07) is 9.71. The van der Waals surface area contributed by atoms with Gasteiger partial charge in [-0.15, -0.1) is 0 Å². The number of carboxylic acids is 1. The van der Waals surface area contributed by atoms with Crippen LogP contribution in [0.1, 0.15) is 30.4 Å². The van der Waals surface area contributed by atoms with Crippen LogP contribution >= 0.6 is 11.3 Å². The SMILES string of the molecule is C/C(=N/Nc1nc2ccccc2s1)c1cc(CCC(=O)[O-])oc1C. The maximum absolute atomic E-state index is 10.5. The lowest BCUT2D eigenvalue weighted by molar-refractivity contribution is -0.305. The van der Waals surface area contributed by atoms with Crippen molar-refractivity contribution in [1.29, 1.82) is 0 Å². The van der Waals surface area contributed by atoms with Crippen LogP contribution in [0.3, 0.4) is 0 Å². The molecule has 0 bridgehead atoms. The molecule has 0 unspecified atom stereocenters. The standard InChI is InChI=1S/C17H17N3O3S/c1-10(13-9-12(23-11(13)2)7-8-16(21)22)19-20-17-18-14-5-3-4-6-15(14)24-17/h3-6,9H,7-8H2,1-2H3,(H,18,20)(H,21,22)/p-1/b19-10-. The van der Waals surface area contributed by atoms with Crippen LogP contribution in [-0.2, 0) is 11.2 Å². The Balaban J connectivity index is 1.74. The largest absolute Gasteiger partial charge is 0.550 e. The topological polar surface area (TPSA) is 90.5 Å². The predicted molar refractivity (Wildman–Crippen MR) is 92.2 cm³/mol. The van der Waals surface area contributed by atoms with Gasteiger partial charge in [-0.3, -0.25) is 5.43 Å². The summed E-state index contributed by atoms with van der Waals surface area (Å²) in [5.74, 6) is 0.227. The average Bonchev–Trinajstić information content (AvgIpc) is 3.13. The second-order valence-corrected chi connectivity index (χ2v) is 6.38. The molecule has 3 aromatic rings. The molecule has 0 saturated heterocycles. The van der Waals surface area contributed by atoms with Gasteiger partial charge in [0.15, 0.2) is 0 Å². The van der Waals surface area contributed by atoms with Crippen molar-refractivity contribution in [3.63, 3.8) is 0 Å². The summed E-state index contributed by atoms with van der Waals surface area (Å²) in [6.07, 6.45) is 0.244. The molecule has 0 saturated carbocycles. The van der Waals surface area contributed by atoms with E-state index in [1.54, 1.807) is 0 Å². The fraction of sp³-hybridized carbons (Fsp3) is 0.235. The number of aromatic nitrogens is 1. The van der Waals surface area contributed by atoms with E-state index in [4.69, 9.17) is 4.42 Å². The number of carbonyl (C=O) groups excluding carboxylic acids is 1. The third-order valence-corrected chi connectivity index (χ3v) is 4.49. The number of carbonyl (C=O) groups is 1. The number of aryl methyl sites for hydroxylation is 2. The number of fused-ring (bicyclic) bond motifs is 1. The van der Waals surface area contributed by atoms with Crippen LogP contribution in [0.15, 0.2) is 39.9 Å². The molecule has 124 valence electrons. The van der Waals surface area contributed by atoms with Crippen molar-refractivity contribution < 1.29 is 14.3 Å². The molecular formula is C17H16N3O3S-. The van der Waals surface area contributed by atoms with Crippen LogP contribution in [0, 0.1) is 6.92 Å². The first-order valence-electron chi connectivity index (χ1n) is 7.48. The molecule has 2 aromatic heterocycles. The van der Waals surface area contributed by atoms with Crippen molar-refractivity contribution in [2.45, 2.75) is 26.7 Å². The highest BCUT2D eigenvalue weighted by Gasteiger charge is 2.10. The Kier molecular flexibility index (Phi) is 4.61. The van der Waals surface area contributed by atoms with E-state index in [0.29, 0.717) is 23.1 Å². The number of furan rings is 1. The number of aliphatic carboxylic acids is 1. The number of anilines is 1. The summed E-state index contributed by atoms with van der Waals surface area (Å²) < 4.78 is 6.67. The number of para-hydroxylation sites is 1. The molecule has 0 aliphatic rings. The van der Waals surface area contributed by atoms with E-state index in [0.717, 1.165) is 21.5 Å². The lowest BCUT2D eigenvalue weighted by Crippen LogP contribution is -2.22. The molecule has 0 amide bonds. The third kappa shape index (κ3) is 3.62. The first-order valence-corrected chi connectivity index (χ1v) is 8.30. The molecule has 0 radical (unpaired) electrons. The van der Waals surface area contributed by atoms with E-state index in [1.165, 1.54) is 11.3 Å². The maximum Gasteiger partial charge on any atom is 0.204 e. The molecular weight excluding hydrogens is 326 g/mol. The van der Waals surface area contributed by atoms with E-state index in [2.05, 4.69) is 15.5 Å². The van der Waals surface area contributed by atoms with E-state index in [9.17, 15) is 9.90 Å². The Labute approximate surface area is 142 Å². The second-order valence-electron chi connectivity index (χ2n) is 5.35. The number of hydrogen-bond donors (Lipinski definition) is 1. The Morgan fingerprint density at radius 2 is 2.21 bits per heavy atom. The smallest absolute Gasteiger partial charge is 0.204 e. The molecule has 1 N–H and O–H groups in total. The van der Waals surface area contributed by atoms with Gasteiger partial charge in [-0.2, -0.15) is 5.10 Å². The lowest BCUT2D eigenvalue weighted by Gasteiger charge is -1.98. The fourth-order valence-corrected chi connectivity index (χ4v) is 3.17. The van der Waals surface area contributed by atoms with Crippen molar-refractivity contribution in [3.8, 4) is 0 Å². The average molecular weight is 342 g/mol. The first-order chi connectivity index (χ1) is 11.5. The number of nitrogens with one attached hydrogen (secondary N) is 1. The molecule has 1 aromatic carbocycles. The maximum atomic E-state index is 10.5. The monoisotopic (exact) mass is 342 g/mol. The number of thiazole rings is 1. The van der Waals surface area contributed by atoms with E-state index in [1.807, 2.05) is 44.2 Å². The molecule has 0 atom stereocenters. The molecule has 2 heterocycles. The van der Waals surface area contributed by atoms with Crippen molar-refractivity contribution in [2.75, 3.05) is 5.43 Å². The summed E-state index contributed by atoms with van der Waals surface area (Å²) >= 11 is 1.53. The Hall–Kier alpha value is -2.67. The van der Waals surface area contributed by atoms with Crippen molar-refractivity contribution in [1.82, 2.24) is 4.98 Å². The number of hydrazone groups is 1.